The minimum atomic E-state index is -0.922. The molecule has 0 unspecified atom stereocenters. The lowest BCUT2D eigenvalue weighted by Crippen LogP contribution is -2.37. The van der Waals surface area contributed by atoms with Crippen LogP contribution in [0.1, 0.15) is 51.5 Å². The van der Waals surface area contributed by atoms with E-state index in [-0.39, 0.29) is 6.03 Å². The summed E-state index contributed by atoms with van der Waals surface area (Å²) in [5.74, 6) is -0.922. The molecule has 0 atom stereocenters. The molecule has 0 aliphatic carbocycles. The molecule has 0 fully saturated rings. The summed E-state index contributed by atoms with van der Waals surface area (Å²) in [6.45, 7) is 4.46. The van der Waals surface area contributed by atoms with Crippen molar-refractivity contribution < 1.29 is 14.7 Å². The quantitative estimate of drug-likeness (QED) is 0.376. The smallest absolute Gasteiger partial charge is 0.331 e. The minimum absolute atomic E-state index is 0.104. The van der Waals surface area contributed by atoms with Gasteiger partial charge < -0.3 is 10.4 Å². The van der Waals surface area contributed by atoms with Gasteiger partial charge >= 0.3 is 12.0 Å². The second-order valence-corrected chi connectivity index (χ2v) is 7.51. The number of amides is 2. The Hall–Kier alpha value is -3.08. The lowest BCUT2D eigenvalue weighted by atomic mass is 10.0. The van der Waals surface area contributed by atoms with Crippen molar-refractivity contribution in [1.29, 1.82) is 0 Å². The lowest BCUT2D eigenvalue weighted by molar-refractivity contribution is -0.132. The summed E-state index contributed by atoms with van der Waals surface area (Å²) in [6.07, 6.45) is 7.47. The molecule has 2 rings (SSSR count). The Balaban J connectivity index is 2.00. The lowest BCUT2D eigenvalue weighted by Gasteiger charge is -2.19. The third-order valence-electron chi connectivity index (χ3n) is 5.06. The molecular weight excluding hydrogens is 376 g/mol. The molecule has 2 aromatic rings. The summed E-state index contributed by atoms with van der Waals surface area (Å²) >= 11 is 0. The summed E-state index contributed by atoms with van der Waals surface area (Å²) in [7, 11) is 1.77. The Morgan fingerprint density at radius 3 is 2.37 bits per heavy atom. The van der Waals surface area contributed by atoms with Crippen LogP contribution >= 0.6 is 0 Å². The first-order valence-corrected chi connectivity index (χ1v) is 10.6. The Kier molecular flexibility index (Phi) is 9.13. The van der Waals surface area contributed by atoms with Gasteiger partial charge in [0.15, 0.2) is 0 Å². The molecule has 5 heteroatoms. The van der Waals surface area contributed by atoms with Crippen LogP contribution in [0.3, 0.4) is 0 Å². The molecule has 2 amide bonds. The standard InChI is InChI=1S/C25H32N2O3/c1-4-5-6-7-8-16-26-25(30)27(3)23-11-9-10-22(18-23)21-14-12-20(13-15-21)17-19(2)24(28)29/h9-15,17-18H,4-8,16H2,1-3H3,(H,26,30)(H,28,29)/b19-17-. The van der Waals surface area contributed by atoms with E-state index in [2.05, 4.69) is 12.2 Å². The largest absolute Gasteiger partial charge is 0.478 e. The second kappa shape index (κ2) is 11.8. The van der Waals surface area contributed by atoms with Gasteiger partial charge in [-0.05, 0) is 48.2 Å². The van der Waals surface area contributed by atoms with Gasteiger partial charge in [0, 0.05) is 24.9 Å². The van der Waals surface area contributed by atoms with Gasteiger partial charge in [-0.2, -0.15) is 0 Å². The molecule has 0 bridgehead atoms. The summed E-state index contributed by atoms with van der Waals surface area (Å²) < 4.78 is 0. The van der Waals surface area contributed by atoms with Crippen molar-refractivity contribution in [3.05, 3.63) is 59.7 Å². The number of nitrogens with one attached hydrogen (secondary N) is 1. The van der Waals surface area contributed by atoms with Crippen molar-refractivity contribution >= 4 is 23.8 Å². The van der Waals surface area contributed by atoms with E-state index in [1.165, 1.54) is 19.3 Å². The Labute approximate surface area is 179 Å². The number of unbranched alkanes of at least 4 members (excludes halogenated alkanes) is 4. The molecule has 0 aliphatic rings. The van der Waals surface area contributed by atoms with Gasteiger partial charge in [-0.25, -0.2) is 9.59 Å². The van der Waals surface area contributed by atoms with Crippen LogP contribution in [-0.2, 0) is 4.79 Å². The molecule has 2 aromatic carbocycles. The van der Waals surface area contributed by atoms with E-state index in [0.717, 1.165) is 35.2 Å². The molecule has 0 aromatic heterocycles. The molecular formula is C25H32N2O3. The number of aliphatic carboxylic acids is 1. The molecule has 2 N–H and O–H groups in total. The predicted octanol–water partition coefficient (Wildman–Crippen LogP) is 5.96. The first-order valence-electron chi connectivity index (χ1n) is 10.6. The maximum atomic E-state index is 12.4. The number of benzene rings is 2. The van der Waals surface area contributed by atoms with Gasteiger partial charge in [-0.15, -0.1) is 0 Å². The van der Waals surface area contributed by atoms with Crippen LogP contribution in [0.5, 0.6) is 0 Å². The van der Waals surface area contributed by atoms with Crippen molar-refractivity contribution in [2.24, 2.45) is 0 Å². The normalized spacial score (nSPS) is 11.2. The second-order valence-electron chi connectivity index (χ2n) is 7.51. The molecule has 0 saturated heterocycles. The number of hydrogen-bond acceptors (Lipinski definition) is 2. The highest BCUT2D eigenvalue weighted by atomic mass is 16.4. The fourth-order valence-corrected chi connectivity index (χ4v) is 3.14. The van der Waals surface area contributed by atoms with Gasteiger partial charge in [-0.3, -0.25) is 4.90 Å². The molecule has 5 nitrogen and oxygen atoms in total. The Bertz CT molecular complexity index is 872. The van der Waals surface area contributed by atoms with Gasteiger partial charge in [0.2, 0.25) is 0 Å². The van der Waals surface area contributed by atoms with E-state index in [0.29, 0.717) is 12.1 Å². The number of urea groups is 1. The van der Waals surface area contributed by atoms with E-state index in [4.69, 9.17) is 5.11 Å². The maximum Gasteiger partial charge on any atom is 0.331 e. The van der Waals surface area contributed by atoms with E-state index >= 15 is 0 Å². The predicted molar refractivity (Wildman–Crippen MR) is 124 cm³/mol. The summed E-state index contributed by atoms with van der Waals surface area (Å²) in [5, 5.41) is 12.0. The number of hydrogen-bond donors (Lipinski definition) is 2. The van der Waals surface area contributed by atoms with Crippen LogP contribution in [0.2, 0.25) is 0 Å². The van der Waals surface area contributed by atoms with Crippen LogP contribution < -0.4 is 10.2 Å². The number of anilines is 1. The molecule has 0 saturated carbocycles. The summed E-state index contributed by atoms with van der Waals surface area (Å²) in [5.41, 5.74) is 3.96. The van der Waals surface area contributed by atoms with Gasteiger partial charge in [-0.1, -0.05) is 69.0 Å². The monoisotopic (exact) mass is 408 g/mol. The first kappa shape index (κ1) is 23.2. The Morgan fingerprint density at radius 1 is 1.00 bits per heavy atom. The van der Waals surface area contributed by atoms with E-state index < -0.39 is 5.97 Å². The topological polar surface area (TPSA) is 69.6 Å². The number of carbonyl (C=O) groups excluding carboxylic acids is 1. The number of carboxylic acids is 1. The van der Waals surface area contributed by atoms with Crippen LogP contribution in [0.15, 0.2) is 54.1 Å². The third kappa shape index (κ3) is 7.07. The van der Waals surface area contributed by atoms with Gasteiger partial charge in [0.25, 0.3) is 0 Å². The van der Waals surface area contributed by atoms with Crippen LogP contribution in [0.25, 0.3) is 17.2 Å². The highest BCUT2D eigenvalue weighted by Crippen LogP contribution is 2.25. The summed E-state index contributed by atoms with van der Waals surface area (Å²) in [6, 6.07) is 15.4. The maximum absolute atomic E-state index is 12.4. The SMILES string of the molecule is CCCCCCCNC(=O)N(C)c1cccc(-c2ccc(/C=C(/C)C(=O)O)cc2)c1. The van der Waals surface area contributed by atoms with Gasteiger partial charge in [0.1, 0.15) is 0 Å². The highest BCUT2D eigenvalue weighted by Gasteiger charge is 2.11. The van der Waals surface area contributed by atoms with Crippen molar-refractivity contribution in [1.82, 2.24) is 5.32 Å². The van der Waals surface area contributed by atoms with Crippen LogP contribution in [0.4, 0.5) is 10.5 Å². The Morgan fingerprint density at radius 2 is 1.70 bits per heavy atom. The zero-order valence-electron chi connectivity index (χ0n) is 18.1. The minimum Gasteiger partial charge on any atom is -0.478 e. The average molecular weight is 409 g/mol. The average Bonchev–Trinajstić information content (AvgIpc) is 2.76. The van der Waals surface area contributed by atoms with Gasteiger partial charge in [0.05, 0.1) is 0 Å². The molecule has 0 aliphatic heterocycles. The summed E-state index contributed by atoms with van der Waals surface area (Å²) in [4.78, 5) is 25.0. The van der Waals surface area contributed by atoms with E-state index in [9.17, 15) is 9.59 Å². The number of carboxylic acid groups (broad SMARTS) is 1. The molecule has 0 spiro atoms. The number of carbonyl (C=O) groups is 2. The van der Waals surface area contributed by atoms with Crippen molar-refractivity contribution in [3.8, 4) is 11.1 Å². The third-order valence-corrected chi connectivity index (χ3v) is 5.06. The van der Waals surface area contributed by atoms with Crippen LogP contribution in [-0.4, -0.2) is 30.7 Å². The van der Waals surface area contributed by atoms with E-state index in [1.54, 1.807) is 24.9 Å². The fourth-order valence-electron chi connectivity index (χ4n) is 3.14. The molecule has 160 valence electrons. The number of rotatable bonds is 10. The molecule has 30 heavy (non-hydrogen) atoms. The highest BCUT2D eigenvalue weighted by molar-refractivity contribution is 5.92. The number of nitrogens with zero attached hydrogens (tertiary/aromatic N) is 1. The van der Waals surface area contributed by atoms with Crippen molar-refractivity contribution in [2.45, 2.75) is 46.0 Å². The van der Waals surface area contributed by atoms with Crippen molar-refractivity contribution in [3.63, 3.8) is 0 Å². The zero-order valence-corrected chi connectivity index (χ0v) is 18.1. The van der Waals surface area contributed by atoms with Crippen molar-refractivity contribution in [2.75, 3.05) is 18.5 Å². The molecule has 0 radical (unpaired) electrons. The zero-order chi connectivity index (χ0) is 21.9. The molecule has 0 heterocycles. The fraction of sp³-hybridized carbons (Fsp3) is 0.360. The van der Waals surface area contributed by atoms with Crippen LogP contribution in [0, 0.1) is 0 Å². The van der Waals surface area contributed by atoms with E-state index in [1.807, 2.05) is 48.5 Å². The first-order chi connectivity index (χ1) is 14.4.